The molecule has 5 nitrogen and oxygen atoms in total. The number of carbonyl (C=O) groups excluding carboxylic acids is 1. The first-order valence-electron chi connectivity index (χ1n) is 10.00. The predicted molar refractivity (Wildman–Crippen MR) is 106 cm³/mol. The fourth-order valence-corrected chi connectivity index (χ4v) is 3.59. The summed E-state index contributed by atoms with van der Waals surface area (Å²) in [5, 5.41) is 19.3. The van der Waals surface area contributed by atoms with Crippen molar-refractivity contribution >= 4 is 11.9 Å². The molecule has 1 saturated heterocycles. The van der Waals surface area contributed by atoms with Gasteiger partial charge in [0.15, 0.2) is 0 Å². The zero-order valence-electron chi connectivity index (χ0n) is 16.1. The third-order valence-electron chi connectivity index (χ3n) is 5.13. The van der Waals surface area contributed by atoms with Crippen molar-refractivity contribution in [2.24, 2.45) is 0 Å². The number of likely N-dealkylation sites (tertiary alicyclic amines) is 1. The fourth-order valence-electron chi connectivity index (χ4n) is 3.59. The van der Waals surface area contributed by atoms with Crippen LogP contribution in [-0.4, -0.2) is 45.7 Å². The second kappa shape index (κ2) is 10.9. The molecule has 2 atom stereocenters. The van der Waals surface area contributed by atoms with Crippen LogP contribution in [0.15, 0.2) is 36.4 Å². The molecule has 148 valence electrons. The number of aryl methyl sites for hydroxylation is 1. The average Bonchev–Trinajstić information content (AvgIpc) is 3.00. The molecule has 0 saturated carbocycles. The first kappa shape index (κ1) is 21.2. The second-order valence-electron chi connectivity index (χ2n) is 7.21. The van der Waals surface area contributed by atoms with Crippen molar-refractivity contribution in [1.29, 1.82) is 0 Å². The van der Waals surface area contributed by atoms with Gasteiger partial charge in [0.1, 0.15) is 0 Å². The van der Waals surface area contributed by atoms with Crippen LogP contribution in [-0.2, 0) is 11.2 Å². The summed E-state index contributed by atoms with van der Waals surface area (Å²) in [6, 6.07) is 7.05. The van der Waals surface area contributed by atoms with E-state index in [2.05, 4.69) is 6.92 Å². The summed E-state index contributed by atoms with van der Waals surface area (Å²) in [6.45, 7) is 2.74. The topological polar surface area (TPSA) is 77.8 Å². The van der Waals surface area contributed by atoms with Crippen molar-refractivity contribution in [2.75, 3.05) is 6.54 Å². The van der Waals surface area contributed by atoms with E-state index < -0.39 is 12.1 Å². The van der Waals surface area contributed by atoms with Crippen molar-refractivity contribution in [3.05, 3.63) is 47.5 Å². The molecule has 1 fully saturated rings. The van der Waals surface area contributed by atoms with Crippen LogP contribution in [0.1, 0.15) is 67.8 Å². The van der Waals surface area contributed by atoms with Gasteiger partial charge >= 0.3 is 5.97 Å². The monoisotopic (exact) mass is 373 g/mol. The lowest BCUT2D eigenvalue weighted by atomic mass is 10.0. The van der Waals surface area contributed by atoms with Crippen LogP contribution in [0.3, 0.4) is 0 Å². The molecule has 1 amide bonds. The number of unbranched alkanes of at least 4 members (excludes halogenated alkanes) is 2. The van der Waals surface area contributed by atoms with Gasteiger partial charge in [-0.3, -0.25) is 4.79 Å². The van der Waals surface area contributed by atoms with E-state index in [1.807, 2.05) is 29.2 Å². The van der Waals surface area contributed by atoms with Crippen LogP contribution >= 0.6 is 0 Å². The lowest BCUT2D eigenvalue weighted by Gasteiger charge is -2.23. The molecule has 0 bridgehead atoms. The predicted octanol–water partition coefficient (Wildman–Crippen LogP) is 3.81. The Bertz CT molecular complexity index is 655. The van der Waals surface area contributed by atoms with Gasteiger partial charge in [-0.15, -0.1) is 0 Å². The number of hydrogen-bond acceptors (Lipinski definition) is 3. The van der Waals surface area contributed by atoms with Gasteiger partial charge in [0.25, 0.3) is 0 Å². The second-order valence-corrected chi connectivity index (χ2v) is 7.21. The highest BCUT2D eigenvalue weighted by Crippen LogP contribution is 2.21. The quantitative estimate of drug-likeness (QED) is 0.457. The SMILES string of the molecule is CCCCC[C@H](O)C=C[C@H]1CCC(=O)N1CCCc1ccccc1C(=O)O. The van der Waals surface area contributed by atoms with Crippen LogP contribution < -0.4 is 0 Å². The highest BCUT2D eigenvalue weighted by molar-refractivity contribution is 5.89. The molecule has 27 heavy (non-hydrogen) atoms. The maximum Gasteiger partial charge on any atom is 0.335 e. The van der Waals surface area contributed by atoms with E-state index >= 15 is 0 Å². The minimum Gasteiger partial charge on any atom is -0.478 e. The standard InChI is InChI=1S/C22H31NO4/c1-2-3-4-10-19(24)14-12-18-13-15-21(25)23(18)16-7-9-17-8-5-6-11-20(17)22(26)27/h5-6,8,11-12,14,18-19,24H,2-4,7,9-10,13,15-16H2,1H3,(H,26,27)/t18-,19-/m0/s1. The van der Waals surface area contributed by atoms with Crippen molar-refractivity contribution < 1.29 is 19.8 Å². The van der Waals surface area contributed by atoms with Crippen LogP contribution in [0.4, 0.5) is 0 Å². The Hall–Kier alpha value is -2.14. The van der Waals surface area contributed by atoms with Gasteiger partial charge in [0.2, 0.25) is 5.91 Å². The normalized spacial score (nSPS) is 18.4. The Morgan fingerprint density at radius 2 is 2.07 bits per heavy atom. The molecule has 2 rings (SSSR count). The van der Waals surface area contributed by atoms with E-state index in [4.69, 9.17) is 0 Å². The zero-order chi connectivity index (χ0) is 19.6. The Kier molecular flexibility index (Phi) is 8.52. The van der Waals surface area contributed by atoms with Crippen molar-refractivity contribution in [1.82, 2.24) is 4.90 Å². The van der Waals surface area contributed by atoms with E-state index in [-0.39, 0.29) is 11.9 Å². The molecule has 0 spiro atoms. The van der Waals surface area contributed by atoms with Gasteiger partial charge in [-0.05, 0) is 37.3 Å². The summed E-state index contributed by atoms with van der Waals surface area (Å²) >= 11 is 0. The maximum atomic E-state index is 12.2. The first-order chi connectivity index (χ1) is 13.0. The summed E-state index contributed by atoms with van der Waals surface area (Å²) < 4.78 is 0. The van der Waals surface area contributed by atoms with Crippen LogP contribution in [0.25, 0.3) is 0 Å². The number of aromatic carboxylic acids is 1. The van der Waals surface area contributed by atoms with Gasteiger partial charge < -0.3 is 15.1 Å². The largest absolute Gasteiger partial charge is 0.478 e. The average molecular weight is 373 g/mol. The molecule has 5 heteroatoms. The minimum absolute atomic E-state index is 0.0352. The summed E-state index contributed by atoms with van der Waals surface area (Å²) in [5.74, 6) is -0.780. The third kappa shape index (κ3) is 6.51. The van der Waals surface area contributed by atoms with Crippen molar-refractivity contribution in [2.45, 2.75) is 70.4 Å². The number of benzene rings is 1. The summed E-state index contributed by atoms with van der Waals surface area (Å²) in [7, 11) is 0. The summed E-state index contributed by atoms with van der Waals surface area (Å²) in [5.41, 5.74) is 1.13. The summed E-state index contributed by atoms with van der Waals surface area (Å²) in [4.78, 5) is 25.3. The number of carboxylic acids is 1. The molecule has 1 aliphatic heterocycles. The van der Waals surface area contributed by atoms with Crippen molar-refractivity contribution in [3.8, 4) is 0 Å². The number of carboxylic acid groups (broad SMARTS) is 1. The Balaban J connectivity index is 1.87. The lowest BCUT2D eigenvalue weighted by Crippen LogP contribution is -2.33. The van der Waals surface area contributed by atoms with E-state index in [1.54, 1.807) is 12.1 Å². The smallest absolute Gasteiger partial charge is 0.335 e. The van der Waals surface area contributed by atoms with Gasteiger partial charge in [0.05, 0.1) is 17.7 Å². The maximum absolute atomic E-state index is 12.2. The molecule has 0 aromatic heterocycles. The molecule has 0 radical (unpaired) electrons. The van der Waals surface area contributed by atoms with E-state index in [9.17, 15) is 19.8 Å². The molecule has 0 aliphatic carbocycles. The van der Waals surface area contributed by atoms with Gasteiger partial charge in [-0.25, -0.2) is 4.79 Å². The molecule has 1 aromatic carbocycles. The van der Waals surface area contributed by atoms with Gasteiger partial charge in [-0.2, -0.15) is 0 Å². The lowest BCUT2D eigenvalue weighted by molar-refractivity contribution is -0.128. The molecule has 2 N–H and O–H groups in total. The molecule has 1 aliphatic rings. The zero-order valence-corrected chi connectivity index (χ0v) is 16.1. The number of amides is 1. The Labute approximate surface area is 161 Å². The fraction of sp³-hybridized carbons (Fsp3) is 0.545. The number of nitrogens with zero attached hydrogens (tertiary/aromatic N) is 1. The summed E-state index contributed by atoms with van der Waals surface area (Å²) in [6.07, 6.45) is 10.0. The highest BCUT2D eigenvalue weighted by Gasteiger charge is 2.28. The van der Waals surface area contributed by atoms with E-state index in [0.29, 0.717) is 24.9 Å². The Morgan fingerprint density at radius 3 is 2.81 bits per heavy atom. The number of hydrogen-bond donors (Lipinski definition) is 2. The Morgan fingerprint density at radius 1 is 1.30 bits per heavy atom. The molecular formula is C22H31NO4. The van der Waals surface area contributed by atoms with Gasteiger partial charge in [0, 0.05) is 13.0 Å². The van der Waals surface area contributed by atoms with Crippen molar-refractivity contribution in [3.63, 3.8) is 0 Å². The van der Waals surface area contributed by atoms with E-state index in [0.717, 1.165) is 44.1 Å². The number of rotatable bonds is 11. The molecule has 1 aromatic rings. The highest BCUT2D eigenvalue weighted by atomic mass is 16.4. The molecule has 1 heterocycles. The van der Waals surface area contributed by atoms with Crippen LogP contribution in [0.2, 0.25) is 0 Å². The third-order valence-corrected chi connectivity index (χ3v) is 5.13. The number of aliphatic hydroxyl groups excluding tert-OH is 1. The van der Waals surface area contributed by atoms with Crippen LogP contribution in [0, 0.1) is 0 Å². The minimum atomic E-state index is -0.916. The van der Waals surface area contributed by atoms with E-state index in [1.165, 1.54) is 0 Å². The first-order valence-corrected chi connectivity index (χ1v) is 10.00. The van der Waals surface area contributed by atoms with Gasteiger partial charge in [-0.1, -0.05) is 56.5 Å². The molecule has 0 unspecified atom stereocenters. The number of aliphatic hydroxyl groups is 1. The van der Waals surface area contributed by atoms with Crippen LogP contribution in [0.5, 0.6) is 0 Å². The number of carbonyl (C=O) groups is 2. The molecular weight excluding hydrogens is 342 g/mol.